The highest BCUT2D eigenvalue weighted by Crippen LogP contribution is 2.24. The zero-order valence-corrected chi connectivity index (χ0v) is 17.8. The summed E-state index contributed by atoms with van der Waals surface area (Å²) >= 11 is 1.36. The highest BCUT2D eigenvalue weighted by Gasteiger charge is 2.30. The van der Waals surface area contributed by atoms with E-state index in [0.29, 0.717) is 30.9 Å². The lowest BCUT2D eigenvalue weighted by Gasteiger charge is -2.32. The van der Waals surface area contributed by atoms with Gasteiger partial charge in [0.15, 0.2) is 9.84 Å². The lowest BCUT2D eigenvalue weighted by Crippen LogP contribution is -2.43. The van der Waals surface area contributed by atoms with Crippen LogP contribution in [0, 0.1) is 5.92 Å². The Labute approximate surface area is 169 Å². The summed E-state index contributed by atoms with van der Waals surface area (Å²) in [6.07, 6.45) is 2.63. The lowest BCUT2D eigenvalue weighted by atomic mass is 10.00. The van der Waals surface area contributed by atoms with Crippen molar-refractivity contribution in [2.75, 3.05) is 25.9 Å². The van der Waals surface area contributed by atoms with Crippen molar-refractivity contribution in [2.45, 2.75) is 22.6 Å². The Morgan fingerprint density at radius 2 is 1.82 bits per heavy atom. The van der Waals surface area contributed by atoms with Crippen LogP contribution in [0.2, 0.25) is 0 Å². The summed E-state index contributed by atoms with van der Waals surface area (Å²) in [4.78, 5) is 12.9. The van der Waals surface area contributed by atoms with Crippen LogP contribution in [-0.4, -0.2) is 52.9 Å². The molecule has 0 bridgehead atoms. The van der Waals surface area contributed by atoms with Crippen LogP contribution >= 0.6 is 11.3 Å². The Hall–Kier alpha value is -1.75. The highest BCUT2D eigenvalue weighted by molar-refractivity contribution is 7.90. The molecule has 1 aromatic carbocycles. The first-order chi connectivity index (χ1) is 13.2. The summed E-state index contributed by atoms with van der Waals surface area (Å²) in [7, 11) is -7.09. The maximum absolute atomic E-state index is 12.9. The second kappa shape index (κ2) is 8.32. The monoisotopic (exact) mass is 442 g/mol. The highest BCUT2D eigenvalue weighted by atomic mass is 32.2. The Kier molecular flexibility index (Phi) is 6.23. The zero-order chi connectivity index (χ0) is 20.4. The minimum absolute atomic E-state index is 0.0303. The maximum Gasteiger partial charge on any atom is 0.261 e. The summed E-state index contributed by atoms with van der Waals surface area (Å²) in [6.45, 7) is 1.14. The first kappa shape index (κ1) is 21.0. The minimum atomic E-state index is -3.71. The van der Waals surface area contributed by atoms with Gasteiger partial charge in [0.2, 0.25) is 10.0 Å². The molecule has 0 aliphatic carbocycles. The van der Waals surface area contributed by atoms with Crippen LogP contribution in [0.3, 0.4) is 0 Å². The molecule has 1 unspecified atom stereocenters. The summed E-state index contributed by atoms with van der Waals surface area (Å²) in [5.41, 5.74) is 0. The van der Waals surface area contributed by atoms with Crippen LogP contribution in [0.5, 0.6) is 0 Å². The normalized spacial score (nSPS) is 18.7. The van der Waals surface area contributed by atoms with E-state index in [2.05, 4.69) is 5.32 Å². The van der Waals surface area contributed by atoms with E-state index < -0.39 is 19.9 Å². The number of amides is 1. The second-order valence-corrected chi connectivity index (χ2v) is 11.7. The van der Waals surface area contributed by atoms with Gasteiger partial charge in [0.25, 0.3) is 5.91 Å². The molecule has 1 atom stereocenters. The number of nitrogens with one attached hydrogen (secondary N) is 1. The summed E-state index contributed by atoms with van der Waals surface area (Å²) in [5.74, 6) is -0.117. The maximum atomic E-state index is 12.9. The minimum Gasteiger partial charge on any atom is -0.351 e. The molecule has 0 radical (unpaired) electrons. The smallest absolute Gasteiger partial charge is 0.261 e. The molecule has 0 saturated carbocycles. The average Bonchev–Trinajstić information content (AvgIpc) is 3.21. The van der Waals surface area contributed by atoms with Crippen molar-refractivity contribution in [3.63, 3.8) is 0 Å². The van der Waals surface area contributed by atoms with Gasteiger partial charge < -0.3 is 5.32 Å². The number of nitrogens with zero attached hydrogens (tertiary/aromatic N) is 1. The quantitative estimate of drug-likeness (QED) is 0.737. The number of piperidine rings is 1. The first-order valence-electron chi connectivity index (χ1n) is 8.80. The van der Waals surface area contributed by atoms with Gasteiger partial charge in [0, 0.05) is 25.9 Å². The molecule has 1 aliphatic rings. The predicted octanol–water partition coefficient (Wildman–Crippen LogP) is 1.98. The first-order valence-corrected chi connectivity index (χ1v) is 13.0. The van der Waals surface area contributed by atoms with Crippen molar-refractivity contribution < 1.29 is 21.6 Å². The van der Waals surface area contributed by atoms with Gasteiger partial charge in [-0.25, -0.2) is 16.8 Å². The third kappa shape index (κ3) is 4.80. The molecule has 3 rings (SSSR count). The number of rotatable bonds is 6. The van der Waals surface area contributed by atoms with Crippen molar-refractivity contribution in [1.29, 1.82) is 0 Å². The third-order valence-corrected chi connectivity index (χ3v) is 8.54. The van der Waals surface area contributed by atoms with E-state index in [1.807, 2.05) is 11.4 Å². The fourth-order valence-electron chi connectivity index (χ4n) is 3.15. The Morgan fingerprint density at radius 1 is 1.14 bits per heavy atom. The second-order valence-electron chi connectivity index (χ2n) is 6.80. The fraction of sp³-hybridized carbons (Fsp3) is 0.389. The molecular formula is C18H22N2O5S3. The fourth-order valence-corrected chi connectivity index (χ4v) is 5.98. The number of sulfone groups is 1. The lowest BCUT2D eigenvalue weighted by molar-refractivity contribution is 0.0945. The largest absolute Gasteiger partial charge is 0.351 e. The van der Waals surface area contributed by atoms with Gasteiger partial charge in [-0.2, -0.15) is 4.31 Å². The van der Waals surface area contributed by atoms with Crippen molar-refractivity contribution in [2.24, 2.45) is 5.92 Å². The van der Waals surface area contributed by atoms with Crippen LogP contribution in [0.4, 0.5) is 0 Å². The van der Waals surface area contributed by atoms with E-state index in [9.17, 15) is 21.6 Å². The van der Waals surface area contributed by atoms with Gasteiger partial charge >= 0.3 is 0 Å². The van der Waals surface area contributed by atoms with Crippen LogP contribution in [0.25, 0.3) is 0 Å². The number of sulfonamides is 1. The molecule has 7 nitrogen and oxygen atoms in total. The van der Waals surface area contributed by atoms with Crippen molar-refractivity contribution in [3.8, 4) is 0 Å². The van der Waals surface area contributed by atoms with Crippen molar-refractivity contribution in [1.82, 2.24) is 9.62 Å². The van der Waals surface area contributed by atoms with Crippen LogP contribution < -0.4 is 5.32 Å². The summed E-state index contributed by atoms with van der Waals surface area (Å²) in [6, 6.07) is 8.83. The molecule has 28 heavy (non-hydrogen) atoms. The van der Waals surface area contributed by atoms with Crippen LogP contribution in [0.1, 0.15) is 22.5 Å². The number of thiophene rings is 1. The third-order valence-electron chi connectivity index (χ3n) is 4.67. The van der Waals surface area contributed by atoms with Gasteiger partial charge in [-0.15, -0.1) is 11.3 Å². The number of hydrogen-bond donors (Lipinski definition) is 1. The number of benzene rings is 1. The van der Waals surface area contributed by atoms with E-state index in [0.717, 1.165) is 12.7 Å². The van der Waals surface area contributed by atoms with Crippen molar-refractivity contribution in [3.05, 3.63) is 46.7 Å². The number of hydrogen-bond acceptors (Lipinski definition) is 6. The molecule has 10 heteroatoms. The molecule has 152 valence electrons. The van der Waals surface area contributed by atoms with Crippen molar-refractivity contribution >= 4 is 37.1 Å². The van der Waals surface area contributed by atoms with E-state index in [-0.39, 0.29) is 21.6 Å². The zero-order valence-electron chi connectivity index (χ0n) is 15.4. The Balaban J connectivity index is 1.66. The van der Waals surface area contributed by atoms with E-state index in [1.54, 1.807) is 6.07 Å². The molecular weight excluding hydrogens is 420 g/mol. The number of carbonyl (C=O) groups is 1. The number of carbonyl (C=O) groups excluding carboxylic acids is 1. The molecule has 1 aromatic heterocycles. The molecule has 1 saturated heterocycles. The summed E-state index contributed by atoms with van der Waals surface area (Å²) < 4.78 is 50.3. The standard InChI is InChI=1S/C18H22N2O5S3/c1-27(22,23)15-6-8-16(9-7-15)28(24,25)20-10-2-4-14(13-20)12-19-18(21)17-5-3-11-26-17/h3,5-9,11,14H,2,4,10,12-13H2,1H3,(H,19,21). The van der Waals surface area contributed by atoms with Gasteiger partial charge in [-0.05, 0) is 54.5 Å². The van der Waals surface area contributed by atoms with E-state index in [4.69, 9.17) is 0 Å². The molecule has 1 aliphatic heterocycles. The molecule has 1 amide bonds. The average molecular weight is 443 g/mol. The summed E-state index contributed by atoms with van der Waals surface area (Å²) in [5, 5.41) is 4.71. The molecule has 2 heterocycles. The molecule has 0 spiro atoms. The molecule has 1 N–H and O–H groups in total. The van der Waals surface area contributed by atoms with Gasteiger partial charge in [0.05, 0.1) is 14.7 Å². The van der Waals surface area contributed by atoms with Crippen LogP contribution in [0.15, 0.2) is 51.6 Å². The SMILES string of the molecule is CS(=O)(=O)c1ccc(S(=O)(=O)N2CCCC(CNC(=O)c3cccs3)C2)cc1. The van der Waals surface area contributed by atoms with Gasteiger partial charge in [-0.3, -0.25) is 4.79 Å². The predicted molar refractivity (Wildman–Crippen MR) is 108 cm³/mol. The van der Waals surface area contributed by atoms with E-state index in [1.165, 1.54) is 39.9 Å². The Morgan fingerprint density at radius 3 is 2.43 bits per heavy atom. The topological polar surface area (TPSA) is 101 Å². The van der Waals surface area contributed by atoms with Gasteiger partial charge in [-0.1, -0.05) is 6.07 Å². The van der Waals surface area contributed by atoms with E-state index >= 15 is 0 Å². The molecule has 2 aromatic rings. The molecule has 1 fully saturated rings. The van der Waals surface area contributed by atoms with Crippen LogP contribution in [-0.2, 0) is 19.9 Å². The van der Waals surface area contributed by atoms with Gasteiger partial charge in [0.1, 0.15) is 0 Å². The Bertz CT molecular complexity index is 1030.